The van der Waals surface area contributed by atoms with E-state index in [1.54, 1.807) is 36.5 Å². The Hall–Kier alpha value is -4.73. The third kappa shape index (κ3) is 5.58. The first-order chi connectivity index (χ1) is 17.7. The summed E-state index contributed by atoms with van der Waals surface area (Å²) in [6.07, 6.45) is 3.16. The van der Waals surface area contributed by atoms with Crippen LogP contribution in [0.2, 0.25) is 0 Å². The average Bonchev–Trinajstić information content (AvgIpc) is 3.50. The lowest BCUT2D eigenvalue weighted by Crippen LogP contribution is -2.19. The number of fused-ring (bicyclic) bond motifs is 1. The number of ether oxygens (including phenoxy) is 1. The summed E-state index contributed by atoms with van der Waals surface area (Å²) in [4.78, 5) is 21.0. The highest BCUT2D eigenvalue weighted by atomic mass is 16.5. The lowest BCUT2D eigenvalue weighted by molar-refractivity contribution is 0.262. The molecule has 10 heteroatoms. The van der Waals surface area contributed by atoms with E-state index in [1.165, 1.54) is 11.9 Å². The van der Waals surface area contributed by atoms with Gasteiger partial charge in [0.25, 0.3) is 0 Å². The fourth-order valence-corrected chi connectivity index (χ4v) is 3.62. The summed E-state index contributed by atoms with van der Waals surface area (Å²) >= 11 is 0. The molecule has 0 saturated carbocycles. The van der Waals surface area contributed by atoms with Crippen LogP contribution in [-0.2, 0) is 12.0 Å². The Bertz CT molecular complexity index is 1530. The van der Waals surface area contributed by atoms with Crippen LogP contribution in [0.3, 0.4) is 0 Å². The number of aromatic nitrogens is 5. The van der Waals surface area contributed by atoms with Crippen LogP contribution < -0.4 is 15.4 Å². The van der Waals surface area contributed by atoms with Crippen LogP contribution in [0.4, 0.5) is 16.3 Å². The van der Waals surface area contributed by atoms with E-state index in [2.05, 4.69) is 62.0 Å². The number of anilines is 2. The smallest absolute Gasteiger partial charge is 0.324 e. The number of benzene rings is 2. The van der Waals surface area contributed by atoms with Gasteiger partial charge in [-0.1, -0.05) is 55.8 Å². The van der Waals surface area contributed by atoms with E-state index < -0.39 is 6.03 Å². The minimum atomic E-state index is -0.430. The van der Waals surface area contributed by atoms with Crippen molar-refractivity contribution in [1.29, 1.82) is 0 Å². The Morgan fingerprint density at radius 1 is 1.03 bits per heavy atom. The average molecular weight is 498 g/mol. The third-order valence-electron chi connectivity index (χ3n) is 5.67. The van der Waals surface area contributed by atoms with Crippen molar-refractivity contribution in [3.05, 3.63) is 84.0 Å². The highest BCUT2D eigenvalue weighted by Gasteiger charge is 2.20. The van der Waals surface area contributed by atoms with Gasteiger partial charge in [0, 0.05) is 17.2 Å². The maximum absolute atomic E-state index is 12.4. The van der Waals surface area contributed by atoms with Crippen molar-refractivity contribution in [2.45, 2.75) is 39.7 Å². The Balaban J connectivity index is 1.24. The number of carbonyl (C=O) groups is 1. The molecule has 5 rings (SSSR count). The molecule has 0 fully saturated rings. The summed E-state index contributed by atoms with van der Waals surface area (Å²) < 4.78 is 13.1. The molecule has 0 spiro atoms. The number of hydrogen-bond acceptors (Lipinski definition) is 7. The molecular weight excluding hydrogens is 470 g/mol. The molecule has 2 N–H and O–H groups in total. The molecule has 188 valence electrons. The van der Waals surface area contributed by atoms with Crippen molar-refractivity contribution in [2.75, 3.05) is 10.6 Å². The Kier molecular flexibility index (Phi) is 6.31. The number of nitrogens with one attached hydrogen (secondary N) is 2. The summed E-state index contributed by atoms with van der Waals surface area (Å²) in [6, 6.07) is 16.5. The molecule has 0 radical (unpaired) electrons. The topological polar surface area (TPSA) is 120 Å². The molecule has 2 aromatic carbocycles. The zero-order chi connectivity index (χ0) is 26.0. The highest BCUT2D eigenvalue weighted by Crippen LogP contribution is 2.28. The van der Waals surface area contributed by atoms with Crippen molar-refractivity contribution in [3.8, 4) is 11.6 Å². The van der Waals surface area contributed by atoms with Crippen LogP contribution in [0.15, 0.2) is 71.6 Å². The van der Waals surface area contributed by atoms with E-state index in [-0.39, 0.29) is 5.41 Å². The van der Waals surface area contributed by atoms with Gasteiger partial charge < -0.3 is 14.6 Å². The molecule has 0 aliphatic heterocycles. The molecule has 0 aliphatic carbocycles. The maximum atomic E-state index is 12.4. The van der Waals surface area contributed by atoms with Crippen molar-refractivity contribution in [1.82, 2.24) is 24.9 Å². The number of amides is 2. The molecule has 2 amide bonds. The normalized spacial score (nSPS) is 11.5. The lowest BCUT2D eigenvalue weighted by Gasteiger charge is -2.12. The van der Waals surface area contributed by atoms with Crippen molar-refractivity contribution >= 4 is 28.6 Å². The first-order valence-corrected chi connectivity index (χ1v) is 11.8. The molecule has 0 bridgehead atoms. The largest absolute Gasteiger partial charge is 0.438 e. The number of urea groups is 1. The van der Waals surface area contributed by atoms with Gasteiger partial charge in [-0.2, -0.15) is 5.10 Å². The predicted octanol–water partition coefficient (Wildman–Crippen LogP) is 5.90. The van der Waals surface area contributed by atoms with E-state index in [0.717, 1.165) is 5.56 Å². The molecule has 0 saturated heterocycles. The first kappa shape index (κ1) is 24.0. The van der Waals surface area contributed by atoms with Crippen LogP contribution >= 0.6 is 0 Å². The Morgan fingerprint density at radius 3 is 2.49 bits per heavy atom. The maximum Gasteiger partial charge on any atom is 0.324 e. The van der Waals surface area contributed by atoms with Gasteiger partial charge in [-0.05, 0) is 36.8 Å². The number of carbonyl (C=O) groups excluding carboxylic acids is 1. The second-order valence-electron chi connectivity index (χ2n) is 9.74. The van der Waals surface area contributed by atoms with Gasteiger partial charge in [-0.3, -0.25) is 5.32 Å². The second kappa shape index (κ2) is 9.73. The number of nitrogens with zero attached hydrogens (tertiary/aromatic N) is 5. The molecule has 3 heterocycles. The van der Waals surface area contributed by atoms with Gasteiger partial charge in [0.1, 0.15) is 23.2 Å². The van der Waals surface area contributed by atoms with Crippen LogP contribution in [0, 0.1) is 6.92 Å². The highest BCUT2D eigenvalue weighted by molar-refractivity contribution is 5.99. The molecule has 0 atom stereocenters. The van der Waals surface area contributed by atoms with Crippen molar-refractivity contribution in [2.24, 2.45) is 0 Å². The van der Waals surface area contributed by atoms with E-state index in [1.807, 2.05) is 25.5 Å². The van der Waals surface area contributed by atoms with Crippen molar-refractivity contribution < 1.29 is 14.1 Å². The Morgan fingerprint density at radius 2 is 1.78 bits per heavy atom. The molecular formula is C27H27N7O3. The molecule has 37 heavy (non-hydrogen) atoms. The SMILES string of the molecule is Cc1ccc(Cn2ncc3c(Oc4ccc(NC(=O)Nc5cc(C(C)(C)C)on5)cc4)ncnc32)cc1. The van der Waals surface area contributed by atoms with Crippen LogP contribution in [0.25, 0.3) is 11.0 Å². The first-order valence-electron chi connectivity index (χ1n) is 11.8. The molecule has 0 aliphatic rings. The summed E-state index contributed by atoms with van der Waals surface area (Å²) in [5, 5.41) is 14.5. The van der Waals surface area contributed by atoms with E-state index in [4.69, 9.17) is 9.26 Å². The molecule has 5 aromatic rings. The van der Waals surface area contributed by atoms with E-state index in [0.29, 0.717) is 46.5 Å². The van der Waals surface area contributed by atoms with Gasteiger partial charge in [-0.15, -0.1) is 0 Å². The monoisotopic (exact) mass is 497 g/mol. The number of aryl methyl sites for hydroxylation is 1. The van der Waals surface area contributed by atoms with Crippen molar-refractivity contribution in [3.63, 3.8) is 0 Å². The molecule has 0 unspecified atom stereocenters. The number of rotatable bonds is 6. The quantitative estimate of drug-likeness (QED) is 0.299. The molecule has 3 aromatic heterocycles. The van der Waals surface area contributed by atoms with Crippen LogP contribution in [0.5, 0.6) is 11.6 Å². The Labute approximate surface area is 213 Å². The third-order valence-corrected chi connectivity index (χ3v) is 5.67. The fraction of sp³-hybridized carbons (Fsp3) is 0.222. The summed E-state index contributed by atoms with van der Waals surface area (Å²) in [7, 11) is 0. The predicted molar refractivity (Wildman–Crippen MR) is 140 cm³/mol. The zero-order valence-corrected chi connectivity index (χ0v) is 21.0. The standard InChI is InChI=1S/C27H27N7O3/c1-17-5-7-18(8-6-17)15-34-24-21(14-30-34)25(29-16-28-24)36-20-11-9-19(10-12-20)31-26(35)32-23-13-22(37-33-23)27(2,3)4/h5-14,16H,15H2,1-4H3,(H2,31,32,33,35). The van der Waals surface area contributed by atoms with Gasteiger partial charge in [0.05, 0.1) is 12.7 Å². The minimum Gasteiger partial charge on any atom is -0.438 e. The molecule has 10 nitrogen and oxygen atoms in total. The van der Waals surface area contributed by atoms with Crippen LogP contribution in [-0.4, -0.2) is 30.9 Å². The lowest BCUT2D eigenvalue weighted by atomic mass is 9.93. The van der Waals surface area contributed by atoms with Gasteiger partial charge in [-0.25, -0.2) is 19.4 Å². The minimum absolute atomic E-state index is 0.200. The zero-order valence-electron chi connectivity index (χ0n) is 21.0. The van der Waals surface area contributed by atoms with E-state index in [9.17, 15) is 4.79 Å². The van der Waals surface area contributed by atoms with Gasteiger partial charge in [0.15, 0.2) is 11.5 Å². The van der Waals surface area contributed by atoms with Gasteiger partial charge in [0.2, 0.25) is 5.88 Å². The summed E-state index contributed by atoms with van der Waals surface area (Å²) in [5.74, 6) is 1.99. The summed E-state index contributed by atoms with van der Waals surface area (Å²) in [5.41, 5.74) is 3.40. The second-order valence-corrected chi connectivity index (χ2v) is 9.74. The number of hydrogen-bond donors (Lipinski definition) is 2. The van der Waals surface area contributed by atoms with Gasteiger partial charge >= 0.3 is 6.03 Å². The fourth-order valence-electron chi connectivity index (χ4n) is 3.62. The summed E-state index contributed by atoms with van der Waals surface area (Å²) in [6.45, 7) is 8.66. The van der Waals surface area contributed by atoms with Crippen LogP contribution in [0.1, 0.15) is 37.7 Å². The van der Waals surface area contributed by atoms with E-state index >= 15 is 0 Å².